The van der Waals surface area contributed by atoms with Crippen LogP contribution in [0.1, 0.15) is 29.7 Å². The van der Waals surface area contributed by atoms with Gasteiger partial charge in [0.05, 0.1) is 27.9 Å². The highest BCUT2D eigenvalue weighted by molar-refractivity contribution is 9.10. The monoisotopic (exact) mass is 516 g/mol. The second kappa shape index (κ2) is 8.25. The van der Waals surface area contributed by atoms with Gasteiger partial charge < -0.3 is 15.5 Å². The largest absolute Gasteiger partial charge is 0.339 e. The normalized spacial score (nSPS) is 24.5. The number of rotatable bonds is 5. The highest BCUT2D eigenvalue weighted by atomic mass is 79.9. The fourth-order valence-corrected chi connectivity index (χ4v) is 7.01. The molecule has 3 heterocycles. The van der Waals surface area contributed by atoms with Crippen LogP contribution in [-0.2, 0) is 22.4 Å². The quantitative estimate of drug-likeness (QED) is 0.636. The summed E-state index contributed by atoms with van der Waals surface area (Å²) >= 11 is 4.62. The zero-order valence-corrected chi connectivity index (χ0v) is 19.9. The molecule has 1 saturated heterocycles. The lowest BCUT2D eigenvalue weighted by Crippen LogP contribution is -2.50. The standard InChI is InChI=1S/C23H22BrFN4O2S/c1-29-16-7-13(3-2-11(16)8-18(29)30)22-19(24)20(25)17(32-22)9-15(10-26)28-23(31)21-12-4-5-14(6-12)27-21/h2-3,7,12,14-15,21,27H,4-6,8-9H2,1H3,(H,28,31). The molecule has 0 spiro atoms. The van der Waals surface area contributed by atoms with Gasteiger partial charge in [-0.05, 0) is 58.3 Å². The summed E-state index contributed by atoms with van der Waals surface area (Å²) in [6.45, 7) is 0. The van der Waals surface area contributed by atoms with E-state index in [1.165, 1.54) is 11.3 Å². The molecule has 32 heavy (non-hydrogen) atoms. The molecule has 2 amide bonds. The van der Waals surface area contributed by atoms with Gasteiger partial charge in [-0.25, -0.2) is 4.39 Å². The topological polar surface area (TPSA) is 85.2 Å². The Morgan fingerprint density at radius 3 is 2.97 bits per heavy atom. The summed E-state index contributed by atoms with van der Waals surface area (Å²) in [7, 11) is 1.73. The van der Waals surface area contributed by atoms with E-state index in [9.17, 15) is 14.9 Å². The van der Waals surface area contributed by atoms with Crippen molar-refractivity contribution < 1.29 is 14.0 Å². The molecular formula is C23H22BrFN4O2S. The van der Waals surface area contributed by atoms with Gasteiger partial charge in [-0.3, -0.25) is 9.59 Å². The smallest absolute Gasteiger partial charge is 0.238 e. The molecule has 1 aliphatic carbocycles. The lowest BCUT2D eigenvalue weighted by Gasteiger charge is -2.23. The number of hydrogen-bond acceptors (Lipinski definition) is 5. The summed E-state index contributed by atoms with van der Waals surface area (Å²) < 4.78 is 15.4. The molecular weight excluding hydrogens is 495 g/mol. The van der Waals surface area contributed by atoms with Crippen LogP contribution in [0, 0.1) is 23.1 Å². The maximum atomic E-state index is 15.0. The predicted molar refractivity (Wildman–Crippen MR) is 124 cm³/mol. The zero-order valence-electron chi connectivity index (χ0n) is 17.5. The summed E-state index contributed by atoms with van der Waals surface area (Å²) in [5, 5.41) is 15.7. The van der Waals surface area contributed by atoms with E-state index in [0.29, 0.717) is 32.6 Å². The van der Waals surface area contributed by atoms with Crippen molar-refractivity contribution in [3.63, 3.8) is 0 Å². The molecule has 2 N–H and O–H groups in total. The number of anilines is 1. The maximum absolute atomic E-state index is 15.0. The number of carbonyl (C=O) groups is 2. The third kappa shape index (κ3) is 3.64. The van der Waals surface area contributed by atoms with Crippen LogP contribution in [-0.4, -0.2) is 37.0 Å². The number of nitriles is 1. The third-order valence-electron chi connectivity index (χ3n) is 6.79. The maximum Gasteiger partial charge on any atom is 0.238 e. The van der Waals surface area contributed by atoms with Crippen molar-refractivity contribution in [2.75, 3.05) is 11.9 Å². The summed E-state index contributed by atoms with van der Waals surface area (Å²) in [6.07, 6.45) is 3.61. The van der Waals surface area contributed by atoms with Gasteiger partial charge in [-0.15, -0.1) is 11.3 Å². The molecule has 1 aromatic carbocycles. The number of piperidine rings is 1. The van der Waals surface area contributed by atoms with Crippen LogP contribution in [0.2, 0.25) is 0 Å². The molecule has 2 aromatic rings. The number of likely N-dealkylation sites (N-methyl/N-ethyl adjacent to an activating group) is 1. The van der Waals surface area contributed by atoms with E-state index in [2.05, 4.69) is 32.6 Å². The Morgan fingerprint density at radius 1 is 1.47 bits per heavy atom. The number of nitrogens with zero attached hydrogens (tertiary/aromatic N) is 2. The van der Waals surface area contributed by atoms with Crippen LogP contribution in [0.15, 0.2) is 22.7 Å². The van der Waals surface area contributed by atoms with Crippen LogP contribution in [0.5, 0.6) is 0 Å². The van der Waals surface area contributed by atoms with E-state index in [1.54, 1.807) is 11.9 Å². The molecule has 4 unspecified atom stereocenters. The van der Waals surface area contributed by atoms with Crippen LogP contribution in [0.3, 0.4) is 0 Å². The van der Waals surface area contributed by atoms with Crippen molar-refractivity contribution in [3.05, 3.63) is 38.9 Å². The third-order valence-corrected chi connectivity index (χ3v) is 9.03. The first-order valence-corrected chi connectivity index (χ1v) is 12.3. The van der Waals surface area contributed by atoms with Crippen LogP contribution in [0.25, 0.3) is 10.4 Å². The van der Waals surface area contributed by atoms with Gasteiger partial charge in [0.1, 0.15) is 6.04 Å². The Labute approximate surface area is 197 Å². The number of halogens is 2. The molecule has 2 bridgehead atoms. The van der Waals surface area contributed by atoms with Gasteiger partial charge in [-0.2, -0.15) is 5.26 Å². The second-order valence-electron chi connectivity index (χ2n) is 8.76. The molecule has 6 nitrogen and oxygen atoms in total. The molecule has 4 atom stereocenters. The number of thiophene rings is 1. The average molecular weight is 517 g/mol. The van der Waals surface area contributed by atoms with Crippen LogP contribution in [0.4, 0.5) is 10.1 Å². The summed E-state index contributed by atoms with van der Waals surface area (Å²) in [5.74, 6) is -0.232. The summed E-state index contributed by atoms with van der Waals surface area (Å²) in [4.78, 5) is 27.4. The minimum Gasteiger partial charge on any atom is -0.339 e. The van der Waals surface area contributed by atoms with E-state index >= 15 is 4.39 Å². The molecule has 2 fully saturated rings. The fraction of sp³-hybridized carbons (Fsp3) is 0.435. The van der Waals surface area contributed by atoms with Crippen LogP contribution < -0.4 is 15.5 Å². The average Bonchev–Trinajstić information content (AvgIpc) is 3.54. The lowest BCUT2D eigenvalue weighted by atomic mass is 9.99. The minimum absolute atomic E-state index is 0.0341. The first-order chi connectivity index (χ1) is 15.4. The van der Waals surface area contributed by atoms with E-state index in [4.69, 9.17) is 0 Å². The molecule has 5 rings (SSSR count). The van der Waals surface area contributed by atoms with Gasteiger partial charge in [0.15, 0.2) is 5.82 Å². The fourth-order valence-electron chi connectivity index (χ4n) is 5.06. The van der Waals surface area contributed by atoms with Crippen molar-refractivity contribution in [2.45, 2.75) is 50.2 Å². The van der Waals surface area contributed by atoms with Crippen LogP contribution >= 0.6 is 27.3 Å². The number of carbonyl (C=O) groups excluding carboxylic acids is 2. The first-order valence-electron chi connectivity index (χ1n) is 10.7. The molecule has 0 radical (unpaired) electrons. The van der Waals surface area contributed by atoms with Gasteiger partial charge in [-0.1, -0.05) is 12.1 Å². The van der Waals surface area contributed by atoms with Gasteiger partial charge in [0.25, 0.3) is 0 Å². The van der Waals surface area contributed by atoms with E-state index in [1.807, 2.05) is 18.2 Å². The summed E-state index contributed by atoms with van der Waals surface area (Å²) in [5.41, 5.74) is 2.59. The molecule has 3 aliphatic rings. The van der Waals surface area contributed by atoms with Crippen molar-refractivity contribution in [1.29, 1.82) is 5.26 Å². The number of fused-ring (bicyclic) bond motifs is 3. The van der Waals surface area contributed by atoms with Gasteiger partial charge in [0.2, 0.25) is 11.8 Å². The van der Waals surface area contributed by atoms with E-state index in [-0.39, 0.29) is 24.3 Å². The van der Waals surface area contributed by atoms with Gasteiger partial charge >= 0.3 is 0 Å². The minimum atomic E-state index is -0.805. The highest BCUT2D eigenvalue weighted by Gasteiger charge is 2.43. The lowest BCUT2D eigenvalue weighted by molar-refractivity contribution is -0.124. The SMILES string of the molecule is CN1C(=O)Cc2ccc(-c3sc(CC(C#N)NC(=O)C4NC5CCC4C5)c(F)c3Br)cc21. The molecule has 166 valence electrons. The van der Waals surface area contributed by atoms with Crippen molar-refractivity contribution in [1.82, 2.24) is 10.6 Å². The molecule has 1 saturated carbocycles. The Hall–Kier alpha value is -2.28. The molecule has 2 aliphatic heterocycles. The Kier molecular flexibility index (Phi) is 5.56. The number of nitrogens with one attached hydrogen (secondary N) is 2. The van der Waals surface area contributed by atoms with E-state index < -0.39 is 11.9 Å². The molecule has 9 heteroatoms. The second-order valence-corrected chi connectivity index (χ2v) is 10.7. The van der Waals surface area contributed by atoms with Gasteiger partial charge in [0, 0.05) is 30.1 Å². The number of hydrogen-bond donors (Lipinski definition) is 2. The van der Waals surface area contributed by atoms with Crippen molar-refractivity contribution in [2.24, 2.45) is 5.92 Å². The Bertz CT molecular complexity index is 1160. The first kappa shape index (κ1) is 21.6. The number of benzene rings is 1. The Balaban J connectivity index is 1.34. The zero-order chi connectivity index (χ0) is 22.6. The molecule has 1 aromatic heterocycles. The summed E-state index contributed by atoms with van der Waals surface area (Å²) in [6, 6.07) is 7.12. The number of amides is 2. The predicted octanol–water partition coefficient (Wildman–Crippen LogP) is 3.53. The van der Waals surface area contributed by atoms with E-state index in [0.717, 1.165) is 36.1 Å². The highest BCUT2D eigenvalue weighted by Crippen LogP contribution is 2.42. The Morgan fingerprint density at radius 2 is 2.28 bits per heavy atom. The van der Waals surface area contributed by atoms with Crippen molar-refractivity contribution in [3.8, 4) is 16.5 Å². The van der Waals surface area contributed by atoms with Crippen molar-refractivity contribution >= 4 is 44.8 Å².